The summed E-state index contributed by atoms with van der Waals surface area (Å²) < 4.78 is 13.1. The Hall–Kier alpha value is -2.37. The molecule has 1 fully saturated rings. The molecule has 0 spiro atoms. The molecule has 0 unspecified atom stereocenters. The van der Waals surface area contributed by atoms with Gasteiger partial charge in [-0.25, -0.2) is 4.39 Å². The van der Waals surface area contributed by atoms with Crippen molar-refractivity contribution in [2.24, 2.45) is 5.41 Å². The van der Waals surface area contributed by atoms with Gasteiger partial charge in [0.1, 0.15) is 11.2 Å². The van der Waals surface area contributed by atoms with E-state index in [-0.39, 0.29) is 5.82 Å². The van der Waals surface area contributed by atoms with Crippen molar-refractivity contribution in [2.45, 2.75) is 19.3 Å². The largest absolute Gasteiger partial charge is 0.480 e. The number of carbonyl (C=O) groups is 2. The average molecular weight is 290 g/mol. The number of aromatic nitrogens is 1. The molecule has 5 nitrogen and oxygen atoms in total. The quantitative estimate of drug-likeness (QED) is 0.735. The third-order valence-electron chi connectivity index (χ3n) is 4.00. The van der Waals surface area contributed by atoms with Crippen LogP contribution < -0.4 is 5.32 Å². The summed E-state index contributed by atoms with van der Waals surface area (Å²) in [7, 11) is 0. The summed E-state index contributed by atoms with van der Waals surface area (Å²) in [6.45, 7) is 0.359. The van der Waals surface area contributed by atoms with Crippen molar-refractivity contribution < 1.29 is 19.1 Å². The number of aromatic amines is 1. The normalized spacial score (nSPS) is 15.9. The second kappa shape index (κ2) is 4.87. The van der Waals surface area contributed by atoms with Crippen molar-refractivity contribution in [3.05, 3.63) is 35.8 Å². The number of fused-ring (bicyclic) bond motifs is 1. The fraction of sp³-hybridized carbons (Fsp3) is 0.333. The molecule has 21 heavy (non-hydrogen) atoms. The Morgan fingerprint density at radius 1 is 1.38 bits per heavy atom. The predicted molar refractivity (Wildman–Crippen MR) is 74.3 cm³/mol. The highest BCUT2D eigenvalue weighted by atomic mass is 19.1. The third-order valence-corrected chi connectivity index (χ3v) is 4.00. The van der Waals surface area contributed by atoms with Crippen LogP contribution in [0.3, 0.4) is 0 Å². The van der Waals surface area contributed by atoms with E-state index in [1.807, 2.05) is 0 Å². The van der Waals surface area contributed by atoms with E-state index >= 15 is 0 Å². The Morgan fingerprint density at radius 2 is 2.14 bits per heavy atom. The number of hydrogen-bond donors (Lipinski definition) is 3. The maximum Gasteiger partial charge on any atom is 0.319 e. The summed E-state index contributed by atoms with van der Waals surface area (Å²) in [5, 5.41) is 12.6. The zero-order valence-corrected chi connectivity index (χ0v) is 11.3. The molecule has 0 radical (unpaired) electrons. The SMILES string of the molecule is O=C(O)C1(C(=O)NCCc2c[nH]c3cc(F)ccc23)CC1. The lowest BCUT2D eigenvalue weighted by Gasteiger charge is -2.10. The van der Waals surface area contributed by atoms with Crippen LogP contribution in [0.15, 0.2) is 24.4 Å². The molecule has 0 aliphatic heterocycles. The molecule has 1 saturated carbocycles. The maximum atomic E-state index is 13.1. The molecule has 1 aliphatic rings. The first-order valence-electron chi connectivity index (χ1n) is 6.80. The van der Waals surface area contributed by atoms with E-state index in [4.69, 9.17) is 5.11 Å². The Bertz CT molecular complexity index is 719. The Morgan fingerprint density at radius 3 is 2.81 bits per heavy atom. The number of aliphatic carboxylic acids is 1. The minimum atomic E-state index is -1.21. The minimum absolute atomic E-state index is 0.304. The predicted octanol–water partition coefficient (Wildman–Crippen LogP) is 1.83. The molecule has 0 bridgehead atoms. The fourth-order valence-corrected chi connectivity index (χ4v) is 2.51. The first kappa shape index (κ1) is 13.6. The molecule has 2 aromatic rings. The number of halogens is 1. The Kier molecular flexibility index (Phi) is 3.16. The van der Waals surface area contributed by atoms with Crippen molar-refractivity contribution >= 4 is 22.8 Å². The smallest absolute Gasteiger partial charge is 0.319 e. The van der Waals surface area contributed by atoms with Gasteiger partial charge in [0, 0.05) is 23.6 Å². The van der Waals surface area contributed by atoms with E-state index < -0.39 is 17.3 Å². The summed E-state index contributed by atoms with van der Waals surface area (Å²) in [6.07, 6.45) is 3.15. The molecule has 1 aromatic carbocycles. The van der Waals surface area contributed by atoms with Crippen molar-refractivity contribution in [1.82, 2.24) is 10.3 Å². The van der Waals surface area contributed by atoms with Gasteiger partial charge in [0.2, 0.25) is 5.91 Å². The van der Waals surface area contributed by atoms with Crippen LogP contribution in [0.2, 0.25) is 0 Å². The number of rotatable bonds is 5. The zero-order chi connectivity index (χ0) is 15.0. The standard InChI is InChI=1S/C15H15FN2O3/c16-10-1-2-11-9(8-18-12(11)7-10)3-6-17-13(19)15(4-5-15)14(20)21/h1-2,7-8,18H,3-6H2,(H,17,19)(H,20,21). The van der Waals surface area contributed by atoms with E-state index in [9.17, 15) is 14.0 Å². The number of carboxylic acid groups (broad SMARTS) is 1. The van der Waals surface area contributed by atoms with Crippen LogP contribution in [0.5, 0.6) is 0 Å². The average Bonchev–Trinajstić information content (AvgIpc) is 3.17. The molecule has 3 N–H and O–H groups in total. The lowest BCUT2D eigenvalue weighted by molar-refractivity contribution is -0.149. The monoisotopic (exact) mass is 290 g/mol. The molecule has 1 amide bonds. The molecule has 6 heteroatoms. The van der Waals surface area contributed by atoms with E-state index in [2.05, 4.69) is 10.3 Å². The van der Waals surface area contributed by atoms with Gasteiger partial charge in [-0.3, -0.25) is 9.59 Å². The van der Waals surface area contributed by atoms with Crippen LogP contribution in [-0.2, 0) is 16.0 Å². The number of carbonyl (C=O) groups excluding carboxylic acids is 1. The van der Waals surface area contributed by atoms with Crippen molar-refractivity contribution in [3.63, 3.8) is 0 Å². The third kappa shape index (κ3) is 2.37. The van der Waals surface area contributed by atoms with Gasteiger partial charge < -0.3 is 15.4 Å². The van der Waals surface area contributed by atoms with Gasteiger partial charge in [-0.05, 0) is 43.0 Å². The molecule has 0 atom stereocenters. The van der Waals surface area contributed by atoms with Crippen molar-refractivity contribution in [3.8, 4) is 0 Å². The van der Waals surface area contributed by atoms with Crippen LogP contribution in [0.25, 0.3) is 10.9 Å². The van der Waals surface area contributed by atoms with E-state index in [0.717, 1.165) is 10.9 Å². The van der Waals surface area contributed by atoms with Crippen LogP contribution >= 0.6 is 0 Å². The van der Waals surface area contributed by atoms with Crippen LogP contribution in [0.1, 0.15) is 18.4 Å². The second-order valence-electron chi connectivity index (χ2n) is 5.40. The first-order chi connectivity index (χ1) is 10.0. The Balaban J connectivity index is 1.62. The number of H-pyrrole nitrogens is 1. The summed E-state index contributed by atoms with van der Waals surface area (Å²) in [5.41, 5.74) is 0.467. The van der Waals surface area contributed by atoms with E-state index in [0.29, 0.717) is 31.3 Å². The Labute approximate surface area is 120 Å². The highest BCUT2D eigenvalue weighted by Gasteiger charge is 2.56. The van der Waals surface area contributed by atoms with Crippen molar-refractivity contribution in [1.29, 1.82) is 0 Å². The first-order valence-corrected chi connectivity index (χ1v) is 6.80. The molecular formula is C15H15FN2O3. The maximum absolute atomic E-state index is 13.1. The molecule has 1 heterocycles. The van der Waals surface area contributed by atoms with Crippen LogP contribution in [0.4, 0.5) is 4.39 Å². The van der Waals surface area contributed by atoms with Crippen LogP contribution in [0, 0.1) is 11.2 Å². The lowest BCUT2D eigenvalue weighted by atomic mass is 10.1. The molecule has 0 saturated heterocycles. The van der Waals surface area contributed by atoms with E-state index in [1.165, 1.54) is 12.1 Å². The summed E-state index contributed by atoms with van der Waals surface area (Å²) in [4.78, 5) is 25.9. The highest BCUT2D eigenvalue weighted by molar-refractivity contribution is 6.04. The highest BCUT2D eigenvalue weighted by Crippen LogP contribution is 2.46. The number of amides is 1. The lowest BCUT2D eigenvalue weighted by Crippen LogP contribution is -2.37. The minimum Gasteiger partial charge on any atom is -0.480 e. The summed E-state index contributed by atoms with van der Waals surface area (Å²) in [5.74, 6) is -1.77. The second-order valence-corrected chi connectivity index (χ2v) is 5.40. The van der Waals surface area contributed by atoms with Gasteiger partial charge in [0.05, 0.1) is 0 Å². The van der Waals surface area contributed by atoms with Gasteiger partial charge in [-0.1, -0.05) is 0 Å². The number of benzene rings is 1. The molecule has 1 aromatic heterocycles. The van der Waals surface area contributed by atoms with Gasteiger partial charge in [0.25, 0.3) is 0 Å². The molecule has 3 rings (SSSR count). The molecular weight excluding hydrogens is 275 g/mol. The summed E-state index contributed by atoms with van der Waals surface area (Å²) in [6, 6.07) is 4.50. The number of hydrogen-bond acceptors (Lipinski definition) is 2. The molecule has 110 valence electrons. The van der Waals surface area contributed by atoms with Gasteiger partial charge >= 0.3 is 5.97 Å². The number of carboxylic acids is 1. The summed E-state index contributed by atoms with van der Waals surface area (Å²) >= 11 is 0. The van der Waals surface area contributed by atoms with Gasteiger partial charge in [-0.15, -0.1) is 0 Å². The van der Waals surface area contributed by atoms with Gasteiger partial charge in [-0.2, -0.15) is 0 Å². The molecule has 1 aliphatic carbocycles. The fourth-order valence-electron chi connectivity index (χ4n) is 2.51. The van der Waals surface area contributed by atoms with E-state index in [1.54, 1.807) is 12.3 Å². The number of nitrogens with one attached hydrogen (secondary N) is 2. The topological polar surface area (TPSA) is 82.2 Å². The van der Waals surface area contributed by atoms with Gasteiger partial charge in [0.15, 0.2) is 0 Å². The zero-order valence-electron chi connectivity index (χ0n) is 11.3. The van der Waals surface area contributed by atoms with Crippen LogP contribution in [-0.4, -0.2) is 28.5 Å². The van der Waals surface area contributed by atoms with Crippen molar-refractivity contribution in [2.75, 3.05) is 6.54 Å².